The number of benzene rings is 2. The topological polar surface area (TPSA) is 76.0 Å². The van der Waals surface area contributed by atoms with E-state index in [0.717, 1.165) is 23.2 Å². The van der Waals surface area contributed by atoms with E-state index < -0.39 is 0 Å². The smallest absolute Gasteiger partial charge is 0.251 e. The van der Waals surface area contributed by atoms with Crippen LogP contribution in [-0.4, -0.2) is 27.9 Å². The van der Waals surface area contributed by atoms with Gasteiger partial charge in [-0.3, -0.25) is 9.59 Å². The first-order valence-electron chi connectivity index (χ1n) is 8.70. The molecule has 1 heterocycles. The van der Waals surface area contributed by atoms with Gasteiger partial charge < -0.3 is 15.2 Å². The van der Waals surface area contributed by atoms with E-state index in [-0.39, 0.29) is 18.4 Å². The van der Waals surface area contributed by atoms with Crippen molar-refractivity contribution in [3.05, 3.63) is 83.4 Å². The Kier molecular flexibility index (Phi) is 5.66. The van der Waals surface area contributed by atoms with Gasteiger partial charge in [0.25, 0.3) is 5.91 Å². The standard InChI is InChI=1S/C21H22N4O2/c1-15-9-16(2)11-18(10-15)21(27)23-12-20(26)24-19-5-3-17(4-6-19)13-25-8-7-22-14-25/h3-11,14H,12-13H2,1-2H3,(H,23,27)(H,24,26). The minimum Gasteiger partial charge on any atom is -0.343 e. The molecular formula is C21H22N4O2. The van der Waals surface area contributed by atoms with Gasteiger partial charge in [0.1, 0.15) is 0 Å². The number of rotatable bonds is 6. The van der Waals surface area contributed by atoms with Crippen molar-refractivity contribution in [2.75, 3.05) is 11.9 Å². The van der Waals surface area contributed by atoms with Crippen LogP contribution in [0.15, 0.2) is 61.2 Å². The molecule has 27 heavy (non-hydrogen) atoms. The van der Waals surface area contributed by atoms with Crippen LogP contribution in [0.25, 0.3) is 0 Å². The first-order valence-corrected chi connectivity index (χ1v) is 8.70. The third-order valence-corrected chi connectivity index (χ3v) is 4.06. The second-order valence-electron chi connectivity index (χ2n) is 6.54. The Labute approximate surface area is 158 Å². The summed E-state index contributed by atoms with van der Waals surface area (Å²) in [6, 6.07) is 13.2. The molecule has 0 unspecified atom stereocenters. The number of aromatic nitrogens is 2. The molecule has 0 aliphatic heterocycles. The van der Waals surface area contributed by atoms with Crippen molar-refractivity contribution in [3.63, 3.8) is 0 Å². The van der Waals surface area contributed by atoms with Crippen LogP contribution in [0.2, 0.25) is 0 Å². The second-order valence-corrected chi connectivity index (χ2v) is 6.54. The van der Waals surface area contributed by atoms with E-state index in [4.69, 9.17) is 0 Å². The first kappa shape index (κ1) is 18.4. The molecule has 0 radical (unpaired) electrons. The van der Waals surface area contributed by atoms with Crippen LogP contribution in [0.1, 0.15) is 27.0 Å². The maximum Gasteiger partial charge on any atom is 0.251 e. The molecule has 0 atom stereocenters. The minimum atomic E-state index is -0.268. The predicted molar refractivity (Wildman–Crippen MR) is 105 cm³/mol. The zero-order chi connectivity index (χ0) is 19.2. The highest BCUT2D eigenvalue weighted by Gasteiger charge is 2.09. The molecule has 6 nitrogen and oxygen atoms in total. The average Bonchev–Trinajstić information content (AvgIpc) is 3.13. The summed E-state index contributed by atoms with van der Waals surface area (Å²) < 4.78 is 1.97. The lowest BCUT2D eigenvalue weighted by atomic mass is 10.1. The van der Waals surface area contributed by atoms with E-state index in [2.05, 4.69) is 15.6 Å². The highest BCUT2D eigenvalue weighted by atomic mass is 16.2. The van der Waals surface area contributed by atoms with Gasteiger partial charge >= 0.3 is 0 Å². The monoisotopic (exact) mass is 362 g/mol. The summed E-state index contributed by atoms with van der Waals surface area (Å²) in [6.07, 6.45) is 5.39. The molecule has 3 aromatic rings. The Morgan fingerprint density at radius 3 is 2.37 bits per heavy atom. The van der Waals surface area contributed by atoms with E-state index in [0.29, 0.717) is 11.3 Å². The Hall–Kier alpha value is -3.41. The van der Waals surface area contributed by atoms with Crippen LogP contribution in [0.4, 0.5) is 5.69 Å². The van der Waals surface area contributed by atoms with Crippen LogP contribution in [0.5, 0.6) is 0 Å². The van der Waals surface area contributed by atoms with Crippen molar-refractivity contribution >= 4 is 17.5 Å². The van der Waals surface area contributed by atoms with Crippen molar-refractivity contribution in [1.29, 1.82) is 0 Å². The van der Waals surface area contributed by atoms with Gasteiger partial charge in [0.15, 0.2) is 0 Å². The maximum absolute atomic E-state index is 12.2. The maximum atomic E-state index is 12.2. The molecule has 0 saturated heterocycles. The lowest BCUT2D eigenvalue weighted by molar-refractivity contribution is -0.115. The van der Waals surface area contributed by atoms with Gasteiger partial charge in [-0.1, -0.05) is 29.3 Å². The summed E-state index contributed by atoms with van der Waals surface area (Å²) in [5.41, 5.74) is 4.38. The number of nitrogens with one attached hydrogen (secondary N) is 2. The molecule has 0 fully saturated rings. The quantitative estimate of drug-likeness (QED) is 0.708. The summed E-state index contributed by atoms with van der Waals surface area (Å²) in [5, 5.41) is 5.44. The number of anilines is 1. The molecular weight excluding hydrogens is 340 g/mol. The lowest BCUT2D eigenvalue weighted by Crippen LogP contribution is -2.32. The van der Waals surface area contributed by atoms with E-state index in [9.17, 15) is 9.59 Å². The third-order valence-electron chi connectivity index (χ3n) is 4.06. The van der Waals surface area contributed by atoms with Crippen LogP contribution in [-0.2, 0) is 11.3 Å². The molecule has 2 aromatic carbocycles. The van der Waals surface area contributed by atoms with Gasteiger partial charge in [0.05, 0.1) is 12.9 Å². The predicted octanol–water partition coefficient (Wildman–Crippen LogP) is 2.92. The molecule has 2 amide bonds. The lowest BCUT2D eigenvalue weighted by Gasteiger charge is -2.09. The fourth-order valence-electron chi connectivity index (χ4n) is 2.86. The molecule has 6 heteroatoms. The fourth-order valence-corrected chi connectivity index (χ4v) is 2.86. The molecule has 2 N–H and O–H groups in total. The molecule has 3 rings (SSSR count). The van der Waals surface area contributed by atoms with Crippen LogP contribution in [0.3, 0.4) is 0 Å². The number of hydrogen-bond acceptors (Lipinski definition) is 3. The number of carbonyl (C=O) groups excluding carboxylic acids is 2. The SMILES string of the molecule is Cc1cc(C)cc(C(=O)NCC(=O)Nc2ccc(Cn3ccnc3)cc2)c1. The molecule has 0 aliphatic carbocycles. The third kappa shape index (κ3) is 5.28. The minimum absolute atomic E-state index is 0.0807. The molecule has 1 aromatic heterocycles. The number of imidazole rings is 1. The highest BCUT2D eigenvalue weighted by molar-refractivity contribution is 5.99. The van der Waals surface area contributed by atoms with Crippen LogP contribution < -0.4 is 10.6 Å². The number of amides is 2. The van der Waals surface area contributed by atoms with Gasteiger partial charge in [0, 0.05) is 30.2 Å². The zero-order valence-electron chi connectivity index (χ0n) is 15.4. The number of nitrogens with zero attached hydrogens (tertiary/aromatic N) is 2. The van der Waals surface area contributed by atoms with Gasteiger partial charge in [-0.15, -0.1) is 0 Å². The molecule has 0 saturated carbocycles. The first-order chi connectivity index (χ1) is 13.0. The Morgan fingerprint density at radius 2 is 1.74 bits per heavy atom. The molecule has 0 spiro atoms. The summed E-state index contributed by atoms with van der Waals surface area (Å²) in [4.78, 5) is 28.3. The van der Waals surface area contributed by atoms with Crippen molar-refractivity contribution in [2.45, 2.75) is 20.4 Å². The molecule has 0 aliphatic rings. The largest absolute Gasteiger partial charge is 0.343 e. The van der Waals surface area contributed by atoms with E-state index in [1.165, 1.54) is 0 Å². The number of carbonyl (C=O) groups is 2. The number of aryl methyl sites for hydroxylation is 2. The van der Waals surface area contributed by atoms with Gasteiger partial charge in [-0.2, -0.15) is 0 Å². The fraction of sp³-hybridized carbons (Fsp3) is 0.190. The van der Waals surface area contributed by atoms with Crippen molar-refractivity contribution in [1.82, 2.24) is 14.9 Å². The normalized spacial score (nSPS) is 10.4. The van der Waals surface area contributed by atoms with Crippen LogP contribution in [0, 0.1) is 13.8 Å². The Morgan fingerprint density at radius 1 is 1.04 bits per heavy atom. The molecule has 138 valence electrons. The van der Waals surface area contributed by atoms with Crippen molar-refractivity contribution in [3.8, 4) is 0 Å². The van der Waals surface area contributed by atoms with Gasteiger partial charge in [-0.25, -0.2) is 4.98 Å². The Bertz CT molecular complexity index is 911. The summed E-state index contributed by atoms with van der Waals surface area (Å²) >= 11 is 0. The van der Waals surface area contributed by atoms with Crippen molar-refractivity contribution < 1.29 is 9.59 Å². The van der Waals surface area contributed by atoms with Gasteiger partial charge in [-0.05, 0) is 43.7 Å². The van der Waals surface area contributed by atoms with Gasteiger partial charge in [0.2, 0.25) is 5.91 Å². The average molecular weight is 362 g/mol. The van der Waals surface area contributed by atoms with E-state index in [1.807, 2.05) is 54.9 Å². The summed E-state index contributed by atoms with van der Waals surface area (Å²) in [7, 11) is 0. The summed E-state index contributed by atoms with van der Waals surface area (Å²) in [5.74, 6) is -0.525. The molecule has 0 bridgehead atoms. The zero-order valence-corrected chi connectivity index (χ0v) is 15.4. The number of hydrogen-bond donors (Lipinski definition) is 2. The second kappa shape index (κ2) is 8.31. The van der Waals surface area contributed by atoms with E-state index in [1.54, 1.807) is 24.7 Å². The van der Waals surface area contributed by atoms with E-state index >= 15 is 0 Å². The summed E-state index contributed by atoms with van der Waals surface area (Å²) in [6.45, 7) is 4.52. The van der Waals surface area contributed by atoms with Crippen LogP contribution >= 0.6 is 0 Å². The highest BCUT2D eigenvalue weighted by Crippen LogP contribution is 2.11. The Balaban J connectivity index is 1.50. The van der Waals surface area contributed by atoms with Crippen molar-refractivity contribution in [2.24, 2.45) is 0 Å².